The van der Waals surface area contributed by atoms with Gasteiger partial charge in [0, 0.05) is 14.7 Å². The van der Waals surface area contributed by atoms with E-state index < -0.39 is 10.0 Å². The number of allylic oxidation sites excluding steroid dienone is 4. The molecular weight excluding hydrogens is 304 g/mol. The number of fused-ring (bicyclic) bond motifs is 1. The Morgan fingerprint density at radius 1 is 1.00 bits per heavy atom. The van der Waals surface area contributed by atoms with E-state index in [2.05, 4.69) is 86.5 Å². The van der Waals surface area contributed by atoms with Gasteiger partial charge in [-0.05, 0) is 53.3 Å². The summed E-state index contributed by atoms with van der Waals surface area (Å²) in [6, 6.07) is 19.7. The summed E-state index contributed by atoms with van der Waals surface area (Å²) in [5.74, 6) is 0. The minimum absolute atomic E-state index is 1.22. The van der Waals surface area contributed by atoms with Crippen molar-refractivity contribution in [3.63, 3.8) is 0 Å². The third kappa shape index (κ3) is 2.47. The highest BCUT2D eigenvalue weighted by Crippen LogP contribution is 2.71. The maximum atomic E-state index is 3.83. The van der Waals surface area contributed by atoms with E-state index in [0.29, 0.717) is 0 Å². The summed E-state index contributed by atoms with van der Waals surface area (Å²) in [5.41, 5.74) is 0. The summed E-state index contributed by atoms with van der Waals surface area (Å²) in [4.78, 5) is 7.07. The molecular formula is C20H20S2. The number of rotatable bonds is 3. The van der Waals surface area contributed by atoms with E-state index in [-0.39, 0.29) is 0 Å². The van der Waals surface area contributed by atoms with Gasteiger partial charge in [0.15, 0.2) is 0 Å². The lowest BCUT2D eigenvalue weighted by atomic mass is 10.4. The minimum atomic E-state index is -1.22. The van der Waals surface area contributed by atoms with Crippen LogP contribution < -0.4 is 0 Å². The summed E-state index contributed by atoms with van der Waals surface area (Å²) >= 11 is 1.88. The molecule has 0 nitrogen and oxygen atoms in total. The lowest BCUT2D eigenvalue weighted by Gasteiger charge is -2.43. The first-order valence-corrected chi connectivity index (χ1v) is 10.1. The predicted octanol–water partition coefficient (Wildman–Crippen LogP) is 6.62. The first kappa shape index (κ1) is 15.3. The second-order valence-electron chi connectivity index (χ2n) is 5.30. The van der Waals surface area contributed by atoms with Crippen LogP contribution >= 0.6 is 21.8 Å². The monoisotopic (exact) mass is 324 g/mol. The Balaban J connectivity index is 2.30. The van der Waals surface area contributed by atoms with Gasteiger partial charge in [0.1, 0.15) is 0 Å². The fourth-order valence-corrected chi connectivity index (χ4v) is 8.11. The molecule has 1 aliphatic rings. The Bertz CT molecular complexity index is 756. The molecule has 0 N–H and O–H groups in total. The molecule has 2 aromatic rings. The highest BCUT2D eigenvalue weighted by Gasteiger charge is 2.33. The molecule has 0 bridgehead atoms. The van der Waals surface area contributed by atoms with Crippen LogP contribution in [0.3, 0.4) is 0 Å². The molecule has 0 aromatic heterocycles. The smallest absolute Gasteiger partial charge is 0.0246 e. The highest BCUT2D eigenvalue weighted by atomic mass is 32.3. The average molecular weight is 325 g/mol. The molecule has 0 saturated heterocycles. The summed E-state index contributed by atoms with van der Waals surface area (Å²) in [6.45, 7) is 6.06. The standard InChI is InChI=1S/C20H20S2/c1-4-5-14-19-16(2)21-18-13-9-10-15-20(18)22(19,3)17-11-7-6-8-12-17/h4-15H,1H2,2-3H3/b14-5-. The topological polar surface area (TPSA) is 0 Å². The Labute approximate surface area is 139 Å². The predicted molar refractivity (Wildman–Crippen MR) is 101 cm³/mol. The van der Waals surface area contributed by atoms with Gasteiger partial charge in [0.25, 0.3) is 0 Å². The van der Waals surface area contributed by atoms with Crippen molar-refractivity contribution in [1.29, 1.82) is 0 Å². The van der Waals surface area contributed by atoms with Gasteiger partial charge in [-0.2, -0.15) is 10.0 Å². The zero-order chi connectivity index (χ0) is 15.6. The van der Waals surface area contributed by atoms with Crippen molar-refractivity contribution in [1.82, 2.24) is 0 Å². The van der Waals surface area contributed by atoms with E-state index in [4.69, 9.17) is 0 Å². The van der Waals surface area contributed by atoms with Crippen LogP contribution in [0, 0.1) is 0 Å². The van der Waals surface area contributed by atoms with Gasteiger partial charge < -0.3 is 0 Å². The Morgan fingerprint density at radius 3 is 2.41 bits per heavy atom. The number of hydrogen-bond acceptors (Lipinski definition) is 1. The van der Waals surface area contributed by atoms with E-state index in [0.717, 1.165) is 0 Å². The third-order valence-electron chi connectivity index (χ3n) is 3.94. The van der Waals surface area contributed by atoms with Gasteiger partial charge >= 0.3 is 0 Å². The Hall–Kier alpha value is -1.64. The van der Waals surface area contributed by atoms with Crippen molar-refractivity contribution < 1.29 is 0 Å². The molecule has 2 aromatic carbocycles. The fourth-order valence-electron chi connectivity index (χ4n) is 2.85. The van der Waals surface area contributed by atoms with E-state index in [1.807, 2.05) is 17.8 Å². The summed E-state index contributed by atoms with van der Waals surface area (Å²) in [7, 11) is -1.22. The van der Waals surface area contributed by atoms with Crippen LogP contribution in [0.15, 0.2) is 104 Å². The third-order valence-corrected chi connectivity index (χ3v) is 9.07. The van der Waals surface area contributed by atoms with Crippen LogP contribution in [0.25, 0.3) is 0 Å². The minimum Gasteiger partial charge on any atom is -0.162 e. The lowest BCUT2D eigenvalue weighted by Crippen LogP contribution is -2.08. The van der Waals surface area contributed by atoms with Gasteiger partial charge in [-0.15, -0.1) is 0 Å². The molecule has 1 unspecified atom stereocenters. The molecule has 0 fully saturated rings. The summed E-state index contributed by atoms with van der Waals surface area (Å²) in [5, 5.41) is 0. The second kappa shape index (κ2) is 6.23. The highest BCUT2D eigenvalue weighted by molar-refractivity contribution is 8.37. The van der Waals surface area contributed by atoms with Gasteiger partial charge in [-0.1, -0.05) is 60.8 Å². The molecule has 0 aliphatic carbocycles. The quantitative estimate of drug-likeness (QED) is 0.572. The molecule has 1 atom stereocenters. The molecule has 22 heavy (non-hydrogen) atoms. The summed E-state index contributed by atoms with van der Waals surface area (Å²) < 4.78 is 0. The molecule has 0 saturated carbocycles. The van der Waals surface area contributed by atoms with Gasteiger partial charge in [0.2, 0.25) is 0 Å². The molecule has 112 valence electrons. The SMILES string of the molecule is C=C/C=C\C1=C(C)Sc2ccccc2S1(C)c1ccccc1. The average Bonchev–Trinajstić information content (AvgIpc) is 2.55. The van der Waals surface area contributed by atoms with Crippen molar-refractivity contribution in [3.8, 4) is 0 Å². The second-order valence-corrected chi connectivity index (χ2v) is 9.74. The molecule has 0 amide bonds. The fraction of sp³-hybridized carbons (Fsp3) is 0.100. The molecule has 0 spiro atoms. The maximum Gasteiger partial charge on any atom is 0.0246 e. The van der Waals surface area contributed by atoms with Crippen molar-refractivity contribution in [2.75, 3.05) is 6.26 Å². The van der Waals surface area contributed by atoms with Crippen molar-refractivity contribution in [2.45, 2.75) is 21.6 Å². The van der Waals surface area contributed by atoms with Crippen LogP contribution in [0.5, 0.6) is 0 Å². The normalized spacial score (nSPS) is 23.9. The van der Waals surface area contributed by atoms with Gasteiger partial charge in [-0.25, -0.2) is 0 Å². The van der Waals surface area contributed by atoms with E-state index in [1.54, 1.807) is 0 Å². The Morgan fingerprint density at radius 2 is 1.68 bits per heavy atom. The van der Waals surface area contributed by atoms with Crippen LogP contribution in [0.2, 0.25) is 0 Å². The molecule has 1 aliphatic heterocycles. The molecule has 3 rings (SSSR count). The number of thioether (sulfide) groups is 1. The molecule has 0 radical (unpaired) electrons. The van der Waals surface area contributed by atoms with Crippen LogP contribution in [-0.4, -0.2) is 6.26 Å². The zero-order valence-electron chi connectivity index (χ0n) is 13.0. The van der Waals surface area contributed by atoms with E-state index in [9.17, 15) is 0 Å². The first-order valence-electron chi connectivity index (χ1n) is 7.28. The van der Waals surface area contributed by atoms with Crippen LogP contribution in [0.4, 0.5) is 0 Å². The number of benzene rings is 2. The van der Waals surface area contributed by atoms with Gasteiger partial charge in [0.05, 0.1) is 0 Å². The molecule has 2 heteroatoms. The van der Waals surface area contributed by atoms with Crippen LogP contribution in [0.1, 0.15) is 6.92 Å². The van der Waals surface area contributed by atoms with E-state index >= 15 is 0 Å². The lowest BCUT2D eigenvalue weighted by molar-refractivity contribution is 1.21. The summed E-state index contributed by atoms with van der Waals surface area (Å²) in [6.07, 6.45) is 8.57. The van der Waals surface area contributed by atoms with Crippen molar-refractivity contribution in [2.24, 2.45) is 0 Å². The van der Waals surface area contributed by atoms with Crippen molar-refractivity contribution in [3.05, 3.63) is 89.2 Å². The first-order chi connectivity index (χ1) is 10.7. The Kier molecular flexibility index (Phi) is 4.32. The molecule has 1 heterocycles. The zero-order valence-corrected chi connectivity index (χ0v) is 14.6. The maximum absolute atomic E-state index is 3.83. The van der Waals surface area contributed by atoms with Crippen LogP contribution in [-0.2, 0) is 0 Å². The largest absolute Gasteiger partial charge is 0.162 e. The number of hydrogen-bond donors (Lipinski definition) is 0. The van der Waals surface area contributed by atoms with Gasteiger partial charge in [-0.3, -0.25) is 0 Å². The van der Waals surface area contributed by atoms with Crippen molar-refractivity contribution >= 4 is 21.8 Å². The van der Waals surface area contributed by atoms with E-state index in [1.165, 1.54) is 24.5 Å².